The summed E-state index contributed by atoms with van der Waals surface area (Å²) in [5, 5.41) is 21.9. The van der Waals surface area contributed by atoms with Crippen LogP contribution in [0.15, 0.2) is 46.5 Å². The minimum atomic E-state index is -0.636. The average molecular weight is 447 g/mol. The Kier molecular flexibility index (Phi) is 5.31. The normalized spacial score (nSPS) is 11.2. The molecular weight excluding hydrogens is 428 g/mol. The Morgan fingerprint density at radius 1 is 1.23 bits per heavy atom. The van der Waals surface area contributed by atoms with Crippen LogP contribution in [-0.4, -0.2) is 17.3 Å². The second-order valence-corrected chi connectivity index (χ2v) is 8.92. The van der Waals surface area contributed by atoms with E-state index in [2.05, 4.69) is 15.8 Å². The third-order valence-electron chi connectivity index (χ3n) is 4.28. The molecule has 0 atom stereocenters. The molecule has 9 nitrogen and oxygen atoms in total. The van der Waals surface area contributed by atoms with Gasteiger partial charge in [-0.25, -0.2) is 0 Å². The maximum atomic E-state index is 12.0. The predicted octanol–water partition coefficient (Wildman–Crippen LogP) is 3.75. The molecule has 0 saturated carbocycles. The number of furan rings is 1. The molecule has 4 rings (SSSR count). The van der Waals surface area contributed by atoms with Gasteiger partial charge in [0.05, 0.1) is 18.5 Å². The molecule has 0 aliphatic carbocycles. The Labute approximate surface area is 179 Å². The summed E-state index contributed by atoms with van der Waals surface area (Å²) in [6.45, 7) is 3.96. The number of rotatable bonds is 8. The van der Waals surface area contributed by atoms with Crippen LogP contribution in [0.3, 0.4) is 0 Å². The van der Waals surface area contributed by atoms with Crippen molar-refractivity contribution >= 4 is 46.2 Å². The van der Waals surface area contributed by atoms with E-state index >= 15 is 0 Å². The Bertz CT molecular complexity index is 1260. The summed E-state index contributed by atoms with van der Waals surface area (Å²) >= 11 is 2.56. The number of aromatic hydroxyl groups is 1. The van der Waals surface area contributed by atoms with Gasteiger partial charge in [0.15, 0.2) is 11.6 Å². The van der Waals surface area contributed by atoms with Gasteiger partial charge in [-0.05, 0) is 25.5 Å². The topological polar surface area (TPSA) is 121 Å². The van der Waals surface area contributed by atoms with Gasteiger partial charge in [-0.15, -0.1) is 11.3 Å². The molecule has 3 aromatic heterocycles. The number of hydrogen-bond acceptors (Lipinski definition) is 11. The van der Waals surface area contributed by atoms with Crippen molar-refractivity contribution in [2.45, 2.75) is 24.6 Å². The van der Waals surface area contributed by atoms with E-state index in [0.717, 1.165) is 5.56 Å². The molecule has 0 amide bonds. The monoisotopic (exact) mass is 446 g/mol. The zero-order chi connectivity index (χ0) is 21.4. The van der Waals surface area contributed by atoms with Crippen molar-refractivity contribution in [3.8, 4) is 5.75 Å². The van der Waals surface area contributed by atoms with Crippen molar-refractivity contribution in [1.29, 1.82) is 0 Å². The smallest absolute Gasteiger partial charge is 0.253 e. The van der Waals surface area contributed by atoms with Crippen LogP contribution < -0.4 is 25.8 Å². The zero-order valence-electron chi connectivity index (χ0n) is 16.3. The lowest BCUT2D eigenvalue weighted by Gasteiger charge is -2.14. The van der Waals surface area contributed by atoms with Gasteiger partial charge in [-0.2, -0.15) is 0 Å². The minimum absolute atomic E-state index is 0.0160. The second-order valence-electron chi connectivity index (χ2n) is 6.65. The van der Waals surface area contributed by atoms with E-state index in [1.165, 1.54) is 23.3 Å². The van der Waals surface area contributed by atoms with E-state index in [0.29, 0.717) is 27.2 Å². The molecule has 3 heterocycles. The Hall–Kier alpha value is -3.18. The molecule has 0 bridgehead atoms. The molecule has 30 heavy (non-hydrogen) atoms. The zero-order valence-corrected chi connectivity index (χ0v) is 17.9. The first-order chi connectivity index (χ1) is 14.3. The molecule has 0 saturated heterocycles. The summed E-state index contributed by atoms with van der Waals surface area (Å²) in [5.41, 5.74) is 0.358. The molecule has 4 aromatic rings. The van der Waals surface area contributed by atoms with Crippen molar-refractivity contribution < 1.29 is 14.0 Å². The maximum absolute atomic E-state index is 12.0. The number of anilines is 4. The molecule has 0 spiro atoms. The van der Waals surface area contributed by atoms with Crippen molar-refractivity contribution in [3.63, 3.8) is 0 Å². The van der Waals surface area contributed by atoms with Gasteiger partial charge < -0.3 is 24.7 Å². The van der Waals surface area contributed by atoms with Crippen molar-refractivity contribution in [1.82, 2.24) is 5.16 Å². The molecule has 0 aliphatic heterocycles. The van der Waals surface area contributed by atoms with Crippen LogP contribution in [0.1, 0.15) is 17.1 Å². The van der Waals surface area contributed by atoms with Crippen LogP contribution in [0.5, 0.6) is 5.75 Å². The van der Waals surface area contributed by atoms with E-state index in [-0.39, 0.29) is 23.7 Å². The molecule has 0 aliphatic rings. The van der Waals surface area contributed by atoms with Crippen LogP contribution >= 0.6 is 23.3 Å². The predicted molar refractivity (Wildman–Crippen MR) is 117 cm³/mol. The van der Waals surface area contributed by atoms with E-state index in [9.17, 15) is 14.7 Å². The highest BCUT2D eigenvalue weighted by molar-refractivity contribution is 8.02. The molecule has 0 fully saturated rings. The van der Waals surface area contributed by atoms with Crippen molar-refractivity contribution in [3.05, 3.63) is 61.3 Å². The van der Waals surface area contributed by atoms with Gasteiger partial charge in [-0.3, -0.25) is 13.9 Å². The summed E-state index contributed by atoms with van der Waals surface area (Å²) in [6, 6.07) is 3.62. The standard InChI is InChI=1S/C19H18N4O5S2/c1-9-4-11(27-7-9)6-20-14-15(18(26)17(14)25)21-12-8-29-19(16(12)24)30-23(3)13-5-10(2)28-22-13/h4-5,7-8,20-21,24H,6H2,1-3H3. The lowest BCUT2D eigenvalue weighted by molar-refractivity contribution is 0.399. The second kappa shape index (κ2) is 7.92. The van der Waals surface area contributed by atoms with Crippen molar-refractivity contribution in [2.24, 2.45) is 0 Å². The summed E-state index contributed by atoms with van der Waals surface area (Å²) in [5.74, 6) is 1.93. The Morgan fingerprint density at radius 2 is 2.00 bits per heavy atom. The Morgan fingerprint density at radius 3 is 2.67 bits per heavy atom. The fourth-order valence-corrected chi connectivity index (χ4v) is 4.63. The van der Waals surface area contributed by atoms with Crippen LogP contribution in [0.25, 0.3) is 0 Å². The lowest BCUT2D eigenvalue weighted by Crippen LogP contribution is -2.36. The molecule has 0 unspecified atom stereocenters. The molecular formula is C19H18N4O5S2. The molecule has 11 heteroatoms. The van der Waals surface area contributed by atoms with E-state index in [4.69, 9.17) is 8.94 Å². The molecule has 0 radical (unpaired) electrons. The van der Waals surface area contributed by atoms with Gasteiger partial charge in [0, 0.05) is 30.4 Å². The molecule has 156 valence electrons. The van der Waals surface area contributed by atoms with E-state index in [1.807, 2.05) is 13.0 Å². The fourth-order valence-electron chi connectivity index (χ4n) is 2.73. The molecule has 3 N–H and O–H groups in total. The number of nitrogens with zero attached hydrogens (tertiary/aromatic N) is 2. The highest BCUT2D eigenvalue weighted by atomic mass is 32.2. The van der Waals surface area contributed by atoms with Gasteiger partial charge in [-0.1, -0.05) is 5.16 Å². The quantitative estimate of drug-likeness (QED) is 0.272. The average Bonchev–Trinajstić information content (AvgIpc) is 3.43. The maximum Gasteiger partial charge on any atom is 0.253 e. The van der Waals surface area contributed by atoms with Crippen LogP contribution in [0, 0.1) is 13.8 Å². The number of aromatic nitrogens is 1. The summed E-state index contributed by atoms with van der Waals surface area (Å²) in [4.78, 5) is 24.0. The highest BCUT2D eigenvalue weighted by Crippen LogP contribution is 2.44. The third-order valence-corrected chi connectivity index (χ3v) is 6.38. The van der Waals surface area contributed by atoms with E-state index < -0.39 is 10.9 Å². The largest absolute Gasteiger partial charge is 0.504 e. The number of aryl methyl sites for hydroxylation is 2. The Balaban J connectivity index is 1.47. The van der Waals surface area contributed by atoms with Crippen LogP contribution in [0.4, 0.5) is 22.9 Å². The molecule has 1 aromatic carbocycles. The van der Waals surface area contributed by atoms with E-state index in [1.54, 1.807) is 36.0 Å². The van der Waals surface area contributed by atoms with Crippen LogP contribution in [-0.2, 0) is 6.54 Å². The van der Waals surface area contributed by atoms with Gasteiger partial charge in [0.1, 0.15) is 27.1 Å². The van der Waals surface area contributed by atoms with Gasteiger partial charge in [0.2, 0.25) is 0 Å². The first kappa shape index (κ1) is 20.1. The number of nitrogens with one attached hydrogen (secondary N) is 2. The first-order valence-corrected chi connectivity index (χ1v) is 10.5. The lowest BCUT2D eigenvalue weighted by atomic mass is 10.2. The summed E-state index contributed by atoms with van der Waals surface area (Å²) in [6.07, 6.45) is 1.61. The summed E-state index contributed by atoms with van der Waals surface area (Å²) < 4.78 is 12.7. The minimum Gasteiger partial charge on any atom is -0.504 e. The SMILES string of the molecule is Cc1coc(CNc2c(Nc3csc(SN(C)c4cc(C)on4)c3O)c(=O)c2=O)c1. The highest BCUT2D eigenvalue weighted by Gasteiger charge is 2.24. The fraction of sp³-hybridized carbons (Fsp3) is 0.211. The first-order valence-electron chi connectivity index (χ1n) is 8.87. The number of thiophene rings is 1. The van der Waals surface area contributed by atoms with Gasteiger partial charge >= 0.3 is 0 Å². The number of hydrogen-bond donors (Lipinski definition) is 3. The van der Waals surface area contributed by atoms with Crippen LogP contribution in [0.2, 0.25) is 0 Å². The van der Waals surface area contributed by atoms with Crippen molar-refractivity contribution in [2.75, 3.05) is 22.0 Å². The summed E-state index contributed by atoms with van der Waals surface area (Å²) in [7, 11) is 1.79. The van der Waals surface area contributed by atoms with Gasteiger partial charge in [0.25, 0.3) is 10.9 Å². The third kappa shape index (κ3) is 3.81.